The highest BCUT2D eigenvalue weighted by atomic mass is 16.6. The topological polar surface area (TPSA) is 149 Å². The minimum absolute atomic E-state index is 0.0174. The summed E-state index contributed by atoms with van der Waals surface area (Å²) in [6, 6.07) is 15.0. The summed E-state index contributed by atoms with van der Waals surface area (Å²) in [5.41, 5.74) is 6.09. The van der Waals surface area contributed by atoms with E-state index in [2.05, 4.69) is 16.0 Å². The number of primary amides is 1. The molecule has 2 atom stereocenters. The third kappa shape index (κ3) is 14.0. The molecule has 0 radical (unpaired) electrons. The number of nitrogens with two attached hydrogens (primary N) is 1. The Kier molecular flexibility index (Phi) is 12.8. The molecule has 0 saturated carbocycles. The van der Waals surface area contributed by atoms with Gasteiger partial charge < -0.3 is 31.2 Å². The van der Waals surface area contributed by atoms with Crippen LogP contribution in [0.4, 0.5) is 4.79 Å². The number of carbonyl (C=O) groups is 4. The second-order valence-electron chi connectivity index (χ2n) is 12.2. The van der Waals surface area contributed by atoms with Gasteiger partial charge in [0.05, 0.1) is 0 Å². The third-order valence-corrected chi connectivity index (χ3v) is 5.89. The molecule has 0 fully saturated rings. The lowest BCUT2D eigenvalue weighted by Gasteiger charge is -2.25. The zero-order valence-electron chi connectivity index (χ0n) is 25.6. The first-order chi connectivity index (χ1) is 19.6. The number of nitrogens with one attached hydrogen (secondary N) is 3. The SMILES string of the molecule is CC(C)(C)OC(=O)N[C@@H](Cc1ccc(OC(C)(C)C)cc1)C(=O)N[C@H](CCC(N)=O)C(=O)NCCCc1ccccc1. The predicted molar refractivity (Wildman–Crippen MR) is 162 cm³/mol. The molecule has 0 aliphatic heterocycles. The Morgan fingerprint density at radius 1 is 0.786 bits per heavy atom. The van der Waals surface area contributed by atoms with Gasteiger partial charge in [-0.2, -0.15) is 0 Å². The van der Waals surface area contributed by atoms with Crippen LogP contribution in [0.5, 0.6) is 5.75 Å². The molecular weight excluding hydrogens is 536 g/mol. The lowest BCUT2D eigenvalue weighted by Crippen LogP contribution is -2.55. The molecule has 4 amide bonds. The zero-order valence-corrected chi connectivity index (χ0v) is 25.6. The van der Waals surface area contributed by atoms with E-state index >= 15 is 0 Å². The number of carbonyl (C=O) groups excluding carboxylic acids is 4. The van der Waals surface area contributed by atoms with Gasteiger partial charge in [0.25, 0.3) is 0 Å². The molecule has 230 valence electrons. The predicted octanol–water partition coefficient (Wildman–Crippen LogP) is 3.80. The first kappa shape index (κ1) is 34.1. The average Bonchev–Trinajstić information content (AvgIpc) is 2.88. The Bertz CT molecular complexity index is 1170. The summed E-state index contributed by atoms with van der Waals surface area (Å²) in [4.78, 5) is 50.6. The summed E-state index contributed by atoms with van der Waals surface area (Å²) in [5.74, 6) is -0.947. The van der Waals surface area contributed by atoms with E-state index in [9.17, 15) is 19.2 Å². The Labute approximate surface area is 249 Å². The fourth-order valence-electron chi connectivity index (χ4n) is 4.04. The van der Waals surface area contributed by atoms with Crippen molar-refractivity contribution in [2.24, 2.45) is 5.73 Å². The molecule has 0 heterocycles. The van der Waals surface area contributed by atoms with E-state index in [0.29, 0.717) is 18.7 Å². The number of rotatable bonds is 14. The van der Waals surface area contributed by atoms with Gasteiger partial charge in [-0.25, -0.2) is 4.79 Å². The molecule has 0 saturated heterocycles. The smallest absolute Gasteiger partial charge is 0.408 e. The average molecular weight is 583 g/mol. The fourth-order valence-corrected chi connectivity index (χ4v) is 4.04. The van der Waals surface area contributed by atoms with Gasteiger partial charge in [-0.3, -0.25) is 14.4 Å². The number of aryl methyl sites for hydroxylation is 1. The molecule has 0 aromatic heterocycles. The van der Waals surface area contributed by atoms with Crippen molar-refractivity contribution >= 4 is 23.8 Å². The van der Waals surface area contributed by atoms with Crippen LogP contribution in [0.2, 0.25) is 0 Å². The number of hydrogen-bond donors (Lipinski definition) is 4. The summed E-state index contributed by atoms with van der Waals surface area (Å²) in [6.07, 6.45) is 0.757. The van der Waals surface area contributed by atoms with Gasteiger partial charge in [0.15, 0.2) is 0 Å². The van der Waals surface area contributed by atoms with Crippen LogP contribution in [-0.4, -0.2) is 53.6 Å². The van der Waals surface area contributed by atoms with Crippen LogP contribution in [-0.2, 0) is 32.0 Å². The van der Waals surface area contributed by atoms with Crippen molar-refractivity contribution in [1.29, 1.82) is 0 Å². The summed E-state index contributed by atoms with van der Waals surface area (Å²) in [7, 11) is 0. The van der Waals surface area contributed by atoms with Crippen molar-refractivity contribution < 1.29 is 28.7 Å². The van der Waals surface area contributed by atoms with Crippen LogP contribution in [0.3, 0.4) is 0 Å². The molecule has 10 heteroatoms. The lowest BCUT2D eigenvalue weighted by atomic mass is 10.0. The van der Waals surface area contributed by atoms with Crippen LogP contribution >= 0.6 is 0 Å². The number of hydrogen-bond acceptors (Lipinski definition) is 6. The molecular formula is C32H46N4O6. The van der Waals surface area contributed by atoms with Gasteiger partial charge in [-0.05, 0) is 84.1 Å². The maximum Gasteiger partial charge on any atom is 0.408 e. The maximum absolute atomic E-state index is 13.5. The van der Waals surface area contributed by atoms with E-state index < -0.39 is 41.5 Å². The molecule has 2 rings (SSSR count). The number of benzene rings is 2. The molecule has 0 unspecified atom stereocenters. The summed E-state index contributed by atoms with van der Waals surface area (Å²) in [6.45, 7) is 11.4. The van der Waals surface area contributed by atoms with E-state index in [-0.39, 0.29) is 24.9 Å². The molecule has 0 spiro atoms. The zero-order chi connectivity index (χ0) is 31.3. The Morgan fingerprint density at radius 3 is 2.00 bits per heavy atom. The van der Waals surface area contributed by atoms with E-state index in [0.717, 1.165) is 17.5 Å². The van der Waals surface area contributed by atoms with E-state index in [4.69, 9.17) is 15.2 Å². The van der Waals surface area contributed by atoms with Crippen LogP contribution in [0.25, 0.3) is 0 Å². The quantitative estimate of drug-likeness (QED) is 0.249. The van der Waals surface area contributed by atoms with E-state index in [1.54, 1.807) is 32.9 Å². The van der Waals surface area contributed by atoms with Gasteiger partial charge in [-0.1, -0.05) is 42.5 Å². The highest BCUT2D eigenvalue weighted by Crippen LogP contribution is 2.19. The molecule has 2 aromatic rings. The first-order valence-corrected chi connectivity index (χ1v) is 14.3. The van der Waals surface area contributed by atoms with Crippen LogP contribution in [0.15, 0.2) is 54.6 Å². The van der Waals surface area contributed by atoms with Crippen molar-refractivity contribution in [3.63, 3.8) is 0 Å². The van der Waals surface area contributed by atoms with Crippen LogP contribution < -0.4 is 26.4 Å². The molecule has 0 aliphatic carbocycles. The summed E-state index contributed by atoms with van der Waals surface area (Å²) < 4.78 is 11.2. The van der Waals surface area contributed by atoms with Crippen molar-refractivity contribution in [2.75, 3.05) is 6.54 Å². The van der Waals surface area contributed by atoms with Crippen LogP contribution in [0.1, 0.15) is 71.9 Å². The fraction of sp³-hybridized carbons (Fsp3) is 0.500. The highest BCUT2D eigenvalue weighted by molar-refractivity contribution is 5.91. The second-order valence-corrected chi connectivity index (χ2v) is 12.2. The highest BCUT2D eigenvalue weighted by Gasteiger charge is 2.29. The molecule has 42 heavy (non-hydrogen) atoms. The molecule has 2 aromatic carbocycles. The van der Waals surface area contributed by atoms with Crippen LogP contribution in [0, 0.1) is 0 Å². The number of alkyl carbamates (subject to hydrolysis) is 1. The standard InChI is InChI=1S/C32H46N4O6/c1-31(2,3)41-24-16-14-23(15-17-24)21-26(36-30(40)42-32(4,5)6)29(39)35-25(18-19-27(33)37)28(38)34-20-10-13-22-11-8-7-9-12-22/h7-9,11-12,14-17,25-26H,10,13,18-21H2,1-6H3,(H2,33,37)(H,34,38)(H,35,39)(H,36,40)/t25-,26+/m1/s1. The number of amides is 4. The minimum atomic E-state index is -1.06. The largest absolute Gasteiger partial charge is 0.488 e. The van der Waals surface area contributed by atoms with E-state index in [1.807, 2.05) is 63.2 Å². The van der Waals surface area contributed by atoms with Gasteiger partial charge in [0, 0.05) is 19.4 Å². The van der Waals surface area contributed by atoms with Crippen molar-refractivity contribution in [3.05, 3.63) is 65.7 Å². The second kappa shape index (κ2) is 15.8. The Morgan fingerprint density at radius 2 is 1.43 bits per heavy atom. The van der Waals surface area contributed by atoms with E-state index in [1.165, 1.54) is 0 Å². The minimum Gasteiger partial charge on any atom is -0.488 e. The first-order valence-electron chi connectivity index (χ1n) is 14.3. The summed E-state index contributed by atoms with van der Waals surface area (Å²) in [5, 5.41) is 8.17. The lowest BCUT2D eigenvalue weighted by molar-refractivity contribution is -0.130. The van der Waals surface area contributed by atoms with Crippen molar-refractivity contribution in [1.82, 2.24) is 16.0 Å². The van der Waals surface area contributed by atoms with Gasteiger partial charge in [0.2, 0.25) is 17.7 Å². The Balaban J connectivity index is 2.13. The molecule has 0 bridgehead atoms. The third-order valence-electron chi connectivity index (χ3n) is 5.89. The van der Waals surface area contributed by atoms with Gasteiger partial charge in [0.1, 0.15) is 29.0 Å². The molecule has 0 aliphatic rings. The monoisotopic (exact) mass is 582 g/mol. The van der Waals surface area contributed by atoms with Crippen molar-refractivity contribution in [3.8, 4) is 5.75 Å². The van der Waals surface area contributed by atoms with Crippen molar-refractivity contribution in [2.45, 2.75) is 96.9 Å². The normalized spacial score (nSPS) is 12.9. The number of ether oxygens (including phenoxy) is 2. The maximum atomic E-state index is 13.5. The van der Waals surface area contributed by atoms with Gasteiger partial charge >= 0.3 is 6.09 Å². The summed E-state index contributed by atoms with van der Waals surface area (Å²) >= 11 is 0. The molecule has 10 nitrogen and oxygen atoms in total. The Hall–Kier alpha value is -4.08. The van der Waals surface area contributed by atoms with Gasteiger partial charge in [-0.15, -0.1) is 0 Å². The molecule has 5 N–H and O–H groups in total.